The largest absolute Gasteiger partial charge is 0.450 e. The van der Waals surface area contributed by atoms with Gasteiger partial charge in [-0.05, 0) is 31.4 Å². The molecule has 1 saturated heterocycles. The molecule has 2 N–H and O–H groups in total. The topological polar surface area (TPSA) is 74.6 Å². The van der Waals surface area contributed by atoms with Gasteiger partial charge in [0.1, 0.15) is 5.58 Å². The van der Waals surface area contributed by atoms with Crippen LogP contribution in [-0.2, 0) is 5.54 Å². The molecule has 2 aromatic rings. The number of nitrogens with one attached hydrogen (secondary N) is 2. The minimum absolute atomic E-state index is 0.0807. The maximum atomic E-state index is 12.6. The smallest absolute Gasteiger partial charge is 0.319 e. The second-order valence-corrected chi connectivity index (χ2v) is 7.91. The van der Waals surface area contributed by atoms with E-state index in [9.17, 15) is 9.59 Å². The number of rotatable bonds is 1. The third-order valence-electron chi connectivity index (χ3n) is 5.89. The zero-order chi connectivity index (χ0) is 17.9. The van der Waals surface area contributed by atoms with Gasteiger partial charge in [-0.2, -0.15) is 0 Å². The molecule has 7 heteroatoms. The van der Waals surface area contributed by atoms with Crippen molar-refractivity contribution in [1.29, 1.82) is 0 Å². The summed E-state index contributed by atoms with van der Waals surface area (Å²) in [7, 11) is 0. The molecule has 2 aliphatic heterocycles. The Morgan fingerprint density at radius 1 is 1.15 bits per heavy atom. The van der Waals surface area contributed by atoms with E-state index in [0.29, 0.717) is 22.1 Å². The standard InChI is InChI=1S/C19H20ClN3O3/c20-12-9-11-10-13(17(24)23-7-4-8-23)26-16(11)14-15(12)21-18(25)22-19(14)5-2-1-3-6-19/h9-10H,1-8H2,(H2,21,22,25). The van der Waals surface area contributed by atoms with Crippen LogP contribution in [-0.4, -0.2) is 29.9 Å². The Morgan fingerprint density at radius 2 is 1.92 bits per heavy atom. The molecular formula is C19H20ClN3O3. The molecule has 1 saturated carbocycles. The first-order valence-electron chi connectivity index (χ1n) is 9.22. The van der Waals surface area contributed by atoms with Crippen LogP contribution in [0.5, 0.6) is 0 Å². The highest BCUT2D eigenvalue weighted by atomic mass is 35.5. The molecule has 0 unspecified atom stereocenters. The molecule has 6 nitrogen and oxygen atoms in total. The fourth-order valence-corrected chi connectivity index (χ4v) is 4.72. The fraction of sp³-hybridized carbons (Fsp3) is 0.474. The SMILES string of the molecule is O=C1Nc2c(Cl)cc3cc(C(=O)N4CCC4)oc3c2C2(CCCCC2)N1. The Bertz CT molecular complexity index is 926. The number of anilines is 1. The number of halogens is 1. The van der Waals surface area contributed by atoms with Gasteiger partial charge in [0, 0.05) is 24.0 Å². The van der Waals surface area contributed by atoms with Gasteiger partial charge in [0.25, 0.3) is 5.91 Å². The van der Waals surface area contributed by atoms with Gasteiger partial charge < -0.3 is 20.0 Å². The van der Waals surface area contributed by atoms with Gasteiger partial charge in [0.05, 0.1) is 16.2 Å². The van der Waals surface area contributed by atoms with Crippen molar-refractivity contribution < 1.29 is 14.0 Å². The van der Waals surface area contributed by atoms with E-state index in [0.717, 1.165) is 62.6 Å². The van der Waals surface area contributed by atoms with Crippen LogP contribution in [0.2, 0.25) is 5.02 Å². The molecule has 1 aromatic heterocycles. The Labute approximate surface area is 155 Å². The molecule has 3 aliphatic rings. The van der Waals surface area contributed by atoms with Crippen molar-refractivity contribution in [3.8, 4) is 0 Å². The van der Waals surface area contributed by atoms with Crippen LogP contribution in [0.1, 0.15) is 54.6 Å². The Balaban J connectivity index is 1.71. The number of fused-ring (bicyclic) bond motifs is 4. The second kappa shape index (κ2) is 5.64. The normalized spacial score (nSPS) is 21.1. The lowest BCUT2D eigenvalue weighted by Gasteiger charge is -2.42. The van der Waals surface area contributed by atoms with Crippen molar-refractivity contribution in [2.75, 3.05) is 18.4 Å². The summed E-state index contributed by atoms with van der Waals surface area (Å²) in [5, 5.41) is 7.25. The van der Waals surface area contributed by atoms with Crippen LogP contribution in [0, 0.1) is 0 Å². The average Bonchev–Trinajstić information content (AvgIpc) is 2.97. The summed E-state index contributed by atoms with van der Waals surface area (Å²) in [6.45, 7) is 1.55. The van der Waals surface area contributed by atoms with Crippen LogP contribution in [0.3, 0.4) is 0 Å². The molecule has 3 amide bonds. The van der Waals surface area contributed by atoms with Gasteiger partial charge in [-0.15, -0.1) is 0 Å². The molecule has 3 heterocycles. The van der Waals surface area contributed by atoms with E-state index in [-0.39, 0.29) is 11.9 Å². The van der Waals surface area contributed by atoms with Crippen molar-refractivity contribution in [1.82, 2.24) is 10.2 Å². The average molecular weight is 374 g/mol. The van der Waals surface area contributed by atoms with Crippen LogP contribution in [0.25, 0.3) is 11.0 Å². The highest BCUT2D eigenvalue weighted by molar-refractivity contribution is 6.35. The molecule has 5 rings (SSSR count). The Morgan fingerprint density at radius 3 is 2.62 bits per heavy atom. The second-order valence-electron chi connectivity index (χ2n) is 7.51. The molecule has 1 aliphatic carbocycles. The molecule has 0 radical (unpaired) electrons. The number of amides is 3. The number of hydrogen-bond acceptors (Lipinski definition) is 3. The van der Waals surface area contributed by atoms with E-state index in [2.05, 4.69) is 10.6 Å². The number of benzene rings is 1. The summed E-state index contributed by atoms with van der Waals surface area (Å²) in [6, 6.07) is 3.31. The van der Waals surface area contributed by atoms with E-state index in [1.54, 1.807) is 17.0 Å². The number of carbonyl (C=O) groups is 2. The summed E-state index contributed by atoms with van der Waals surface area (Å²) < 4.78 is 6.06. The predicted molar refractivity (Wildman–Crippen MR) is 98.7 cm³/mol. The van der Waals surface area contributed by atoms with Crippen molar-refractivity contribution in [3.05, 3.63) is 28.5 Å². The molecule has 26 heavy (non-hydrogen) atoms. The van der Waals surface area contributed by atoms with Gasteiger partial charge in [0.2, 0.25) is 0 Å². The van der Waals surface area contributed by atoms with Crippen LogP contribution in [0.4, 0.5) is 10.5 Å². The molecular weight excluding hydrogens is 354 g/mol. The highest BCUT2D eigenvalue weighted by Crippen LogP contribution is 2.49. The number of urea groups is 1. The first-order valence-corrected chi connectivity index (χ1v) is 9.60. The van der Waals surface area contributed by atoms with Gasteiger partial charge in [-0.3, -0.25) is 4.79 Å². The lowest BCUT2D eigenvalue weighted by molar-refractivity contribution is 0.0621. The number of nitrogens with zero attached hydrogens (tertiary/aromatic N) is 1. The van der Waals surface area contributed by atoms with E-state index in [1.165, 1.54) is 0 Å². The van der Waals surface area contributed by atoms with E-state index in [4.69, 9.17) is 16.0 Å². The van der Waals surface area contributed by atoms with E-state index >= 15 is 0 Å². The number of likely N-dealkylation sites (tertiary alicyclic amines) is 1. The quantitative estimate of drug-likeness (QED) is 0.785. The maximum Gasteiger partial charge on any atom is 0.319 e. The summed E-state index contributed by atoms with van der Waals surface area (Å²) in [5.74, 6) is 0.259. The minimum atomic E-state index is -0.478. The molecule has 0 bridgehead atoms. The third-order valence-corrected chi connectivity index (χ3v) is 6.19. The van der Waals surface area contributed by atoms with Crippen LogP contribution >= 0.6 is 11.6 Å². The van der Waals surface area contributed by atoms with Gasteiger partial charge >= 0.3 is 6.03 Å². The summed E-state index contributed by atoms with van der Waals surface area (Å²) in [6.07, 6.45) is 5.95. The molecule has 1 aromatic carbocycles. The predicted octanol–water partition coefficient (Wildman–Crippen LogP) is 4.23. The van der Waals surface area contributed by atoms with Gasteiger partial charge in [-0.25, -0.2) is 4.79 Å². The molecule has 2 fully saturated rings. The number of hydrogen-bond donors (Lipinski definition) is 2. The molecule has 1 spiro atoms. The summed E-state index contributed by atoms with van der Waals surface area (Å²) in [4.78, 5) is 26.6. The lowest BCUT2D eigenvalue weighted by Crippen LogP contribution is -2.52. The van der Waals surface area contributed by atoms with Crippen molar-refractivity contribution in [2.24, 2.45) is 0 Å². The lowest BCUT2D eigenvalue weighted by atomic mass is 9.74. The molecule has 0 atom stereocenters. The fourth-order valence-electron chi connectivity index (χ4n) is 4.46. The van der Waals surface area contributed by atoms with E-state index in [1.807, 2.05) is 0 Å². The Hall–Kier alpha value is -2.21. The van der Waals surface area contributed by atoms with Crippen molar-refractivity contribution in [3.63, 3.8) is 0 Å². The van der Waals surface area contributed by atoms with Gasteiger partial charge in [-0.1, -0.05) is 30.9 Å². The van der Waals surface area contributed by atoms with E-state index < -0.39 is 5.54 Å². The maximum absolute atomic E-state index is 12.6. The summed E-state index contributed by atoms with van der Waals surface area (Å²) >= 11 is 6.50. The van der Waals surface area contributed by atoms with Crippen LogP contribution in [0.15, 0.2) is 16.5 Å². The van der Waals surface area contributed by atoms with Crippen molar-refractivity contribution in [2.45, 2.75) is 44.1 Å². The van der Waals surface area contributed by atoms with Crippen LogP contribution < -0.4 is 10.6 Å². The zero-order valence-electron chi connectivity index (χ0n) is 14.4. The minimum Gasteiger partial charge on any atom is -0.450 e. The first kappa shape index (κ1) is 16.0. The zero-order valence-corrected chi connectivity index (χ0v) is 15.1. The number of furan rings is 1. The van der Waals surface area contributed by atoms with Crippen molar-refractivity contribution >= 4 is 40.2 Å². The number of carbonyl (C=O) groups excluding carboxylic acids is 2. The monoisotopic (exact) mass is 373 g/mol. The first-order chi connectivity index (χ1) is 12.6. The summed E-state index contributed by atoms with van der Waals surface area (Å²) in [5.41, 5.74) is 1.68. The highest BCUT2D eigenvalue weighted by Gasteiger charge is 2.44. The third kappa shape index (κ3) is 2.24. The Kier molecular flexibility index (Phi) is 3.47. The van der Waals surface area contributed by atoms with Gasteiger partial charge in [0.15, 0.2) is 5.76 Å². The molecule has 136 valence electrons.